The van der Waals surface area contributed by atoms with Gasteiger partial charge in [-0.05, 0) is 44.4 Å². The average Bonchev–Trinajstić information content (AvgIpc) is 2.94. The molecule has 1 aliphatic heterocycles. The fourth-order valence-corrected chi connectivity index (χ4v) is 3.98. The monoisotopic (exact) mass is 372 g/mol. The molecular weight excluding hydrogens is 344 g/mol. The summed E-state index contributed by atoms with van der Waals surface area (Å²) in [7, 11) is 0. The summed E-state index contributed by atoms with van der Waals surface area (Å²) >= 11 is 0. The zero-order valence-corrected chi connectivity index (χ0v) is 16.2. The highest BCUT2D eigenvalue weighted by Gasteiger charge is 2.48. The minimum atomic E-state index is -1.04. The van der Waals surface area contributed by atoms with Crippen LogP contribution in [-0.4, -0.2) is 50.1 Å². The van der Waals surface area contributed by atoms with Crippen LogP contribution in [0.1, 0.15) is 43.1 Å². The number of hydrogen-bond acceptors (Lipinski definition) is 5. The molecule has 2 atom stereocenters. The van der Waals surface area contributed by atoms with Crippen LogP contribution in [0.15, 0.2) is 24.4 Å². The second kappa shape index (κ2) is 7.68. The van der Waals surface area contributed by atoms with Gasteiger partial charge in [-0.25, -0.2) is 4.98 Å². The third-order valence-corrected chi connectivity index (χ3v) is 5.55. The summed E-state index contributed by atoms with van der Waals surface area (Å²) in [4.78, 5) is 18.3. The minimum Gasteiger partial charge on any atom is -0.481 e. The van der Waals surface area contributed by atoms with Gasteiger partial charge in [0.05, 0.1) is 23.8 Å². The number of aromatic nitrogens is 3. The first-order chi connectivity index (χ1) is 12.9. The Morgan fingerprint density at radius 3 is 2.67 bits per heavy atom. The van der Waals surface area contributed by atoms with Crippen molar-refractivity contribution in [3.8, 4) is 0 Å². The number of piperidine rings is 1. The van der Waals surface area contributed by atoms with E-state index in [1.165, 1.54) is 0 Å². The second-order valence-corrected chi connectivity index (χ2v) is 7.53. The van der Waals surface area contributed by atoms with Crippen molar-refractivity contribution in [3.63, 3.8) is 0 Å². The summed E-state index contributed by atoms with van der Waals surface area (Å²) in [6, 6.07) is 5.99. The number of aliphatic carboxylic acids is 1. The van der Waals surface area contributed by atoms with Crippen LogP contribution in [0.4, 0.5) is 5.82 Å². The molecule has 1 fully saturated rings. The minimum absolute atomic E-state index is 0.288. The molecule has 146 valence electrons. The summed E-state index contributed by atoms with van der Waals surface area (Å²) in [5, 5.41) is 24.7. The van der Waals surface area contributed by atoms with Gasteiger partial charge in [0.25, 0.3) is 0 Å². The fraction of sp³-hybridized carbons (Fsp3) is 0.550. The van der Waals surface area contributed by atoms with Crippen molar-refractivity contribution in [2.75, 3.05) is 18.0 Å². The van der Waals surface area contributed by atoms with Crippen molar-refractivity contribution < 1.29 is 15.0 Å². The van der Waals surface area contributed by atoms with E-state index >= 15 is 0 Å². The van der Waals surface area contributed by atoms with Gasteiger partial charge in [-0.1, -0.05) is 19.4 Å². The Hall–Kier alpha value is -2.41. The van der Waals surface area contributed by atoms with Gasteiger partial charge in [-0.2, -0.15) is 5.10 Å². The Kier molecular flexibility index (Phi) is 5.51. The standard InChI is InChI=1S/C20H28N4O3/c1-4-7-20(19(26)27)8-9-23(13-17(20)25)18-6-5-16(11-21-18)12-24-15(3)10-14(2)22-24/h5-6,10-11,17,25H,4,7-9,12-13H2,1-3H3,(H,26,27)/t17-,20+/m1/s1. The lowest BCUT2D eigenvalue weighted by molar-refractivity contribution is -0.159. The second-order valence-electron chi connectivity index (χ2n) is 7.53. The Morgan fingerprint density at radius 1 is 1.37 bits per heavy atom. The highest BCUT2D eigenvalue weighted by Crippen LogP contribution is 2.37. The molecule has 1 aliphatic rings. The number of pyridine rings is 1. The van der Waals surface area contributed by atoms with E-state index in [-0.39, 0.29) is 6.54 Å². The van der Waals surface area contributed by atoms with E-state index in [2.05, 4.69) is 10.1 Å². The Morgan fingerprint density at radius 2 is 2.15 bits per heavy atom. The molecule has 0 spiro atoms. The van der Waals surface area contributed by atoms with E-state index in [1.54, 1.807) is 0 Å². The molecule has 0 aromatic carbocycles. The number of nitrogens with zero attached hydrogens (tertiary/aromatic N) is 4. The van der Waals surface area contributed by atoms with Crippen molar-refractivity contribution in [2.45, 2.75) is 52.7 Å². The van der Waals surface area contributed by atoms with Crippen LogP contribution in [0.2, 0.25) is 0 Å². The summed E-state index contributed by atoms with van der Waals surface area (Å²) in [6.45, 7) is 7.48. The van der Waals surface area contributed by atoms with Gasteiger partial charge in [0.2, 0.25) is 0 Å². The Bertz CT molecular complexity index is 802. The van der Waals surface area contributed by atoms with E-state index in [0.29, 0.717) is 25.9 Å². The van der Waals surface area contributed by atoms with Crippen LogP contribution in [0.5, 0.6) is 0 Å². The van der Waals surface area contributed by atoms with Crippen molar-refractivity contribution in [1.29, 1.82) is 0 Å². The molecule has 7 nitrogen and oxygen atoms in total. The first-order valence-electron chi connectivity index (χ1n) is 9.48. The molecule has 2 aromatic heterocycles. The normalized spacial score (nSPS) is 22.8. The van der Waals surface area contributed by atoms with Crippen LogP contribution in [0, 0.1) is 19.3 Å². The number of aliphatic hydroxyl groups excluding tert-OH is 1. The molecule has 27 heavy (non-hydrogen) atoms. The first kappa shape index (κ1) is 19.4. The predicted octanol–water partition coefficient (Wildman–Crippen LogP) is 2.39. The third kappa shape index (κ3) is 3.83. The smallest absolute Gasteiger partial charge is 0.312 e. The van der Waals surface area contributed by atoms with Gasteiger partial charge < -0.3 is 15.1 Å². The number of anilines is 1. The topological polar surface area (TPSA) is 91.5 Å². The molecule has 0 aliphatic carbocycles. The molecule has 3 rings (SSSR count). The van der Waals surface area contributed by atoms with Crippen molar-refractivity contribution in [3.05, 3.63) is 41.3 Å². The highest BCUT2D eigenvalue weighted by molar-refractivity contribution is 5.76. The number of carbonyl (C=O) groups is 1. The van der Waals surface area contributed by atoms with Gasteiger partial charge in [0.15, 0.2) is 0 Å². The summed E-state index contributed by atoms with van der Waals surface area (Å²) in [5.41, 5.74) is 2.11. The summed E-state index contributed by atoms with van der Waals surface area (Å²) < 4.78 is 1.95. The maximum atomic E-state index is 11.8. The Labute approximate surface area is 159 Å². The zero-order chi connectivity index (χ0) is 19.6. The van der Waals surface area contributed by atoms with Gasteiger partial charge in [0, 0.05) is 25.0 Å². The van der Waals surface area contributed by atoms with Gasteiger partial charge in [-0.3, -0.25) is 9.48 Å². The van der Waals surface area contributed by atoms with E-state index in [9.17, 15) is 15.0 Å². The maximum Gasteiger partial charge on any atom is 0.312 e. The quantitative estimate of drug-likeness (QED) is 0.809. The van der Waals surface area contributed by atoms with Gasteiger partial charge in [0.1, 0.15) is 5.82 Å². The van der Waals surface area contributed by atoms with Crippen LogP contribution in [0.25, 0.3) is 0 Å². The first-order valence-corrected chi connectivity index (χ1v) is 9.48. The lowest BCUT2D eigenvalue weighted by atomic mass is 9.73. The lowest BCUT2D eigenvalue weighted by Crippen LogP contribution is -2.55. The predicted molar refractivity (Wildman–Crippen MR) is 103 cm³/mol. The van der Waals surface area contributed by atoms with Gasteiger partial charge in [-0.15, -0.1) is 0 Å². The molecule has 0 unspecified atom stereocenters. The van der Waals surface area contributed by atoms with E-state index in [0.717, 1.165) is 29.2 Å². The van der Waals surface area contributed by atoms with Crippen LogP contribution in [0.3, 0.4) is 0 Å². The van der Waals surface area contributed by atoms with E-state index in [4.69, 9.17) is 0 Å². The van der Waals surface area contributed by atoms with Crippen LogP contribution < -0.4 is 4.90 Å². The molecule has 0 saturated carbocycles. The number of rotatable bonds is 6. The molecular formula is C20H28N4O3. The molecule has 2 N–H and O–H groups in total. The van der Waals surface area contributed by atoms with Crippen molar-refractivity contribution in [1.82, 2.24) is 14.8 Å². The van der Waals surface area contributed by atoms with E-state index in [1.807, 2.05) is 54.7 Å². The molecule has 0 radical (unpaired) electrons. The largest absolute Gasteiger partial charge is 0.481 e. The maximum absolute atomic E-state index is 11.8. The number of aryl methyl sites for hydroxylation is 2. The fourth-order valence-electron chi connectivity index (χ4n) is 3.98. The number of β-amino-alcohol motifs (C(OH)–C–C–N with tert-alkyl or cyclic N) is 1. The number of aliphatic hydroxyl groups is 1. The van der Waals surface area contributed by atoms with Crippen molar-refractivity contribution in [2.24, 2.45) is 5.41 Å². The van der Waals surface area contributed by atoms with Crippen LogP contribution in [-0.2, 0) is 11.3 Å². The molecule has 2 aromatic rings. The molecule has 3 heterocycles. The number of carboxylic acid groups (broad SMARTS) is 1. The number of carboxylic acids is 1. The third-order valence-electron chi connectivity index (χ3n) is 5.55. The van der Waals surface area contributed by atoms with Gasteiger partial charge >= 0.3 is 5.97 Å². The highest BCUT2D eigenvalue weighted by atomic mass is 16.4. The molecule has 7 heteroatoms. The molecule has 0 amide bonds. The SMILES string of the molecule is CCC[C@]1(C(=O)O)CCN(c2ccc(Cn3nc(C)cc3C)cn2)C[C@H]1O. The van der Waals surface area contributed by atoms with Crippen LogP contribution >= 0.6 is 0 Å². The average molecular weight is 372 g/mol. The van der Waals surface area contributed by atoms with Crippen molar-refractivity contribution >= 4 is 11.8 Å². The molecule has 1 saturated heterocycles. The summed E-state index contributed by atoms with van der Waals surface area (Å²) in [6.07, 6.45) is 2.57. The summed E-state index contributed by atoms with van der Waals surface area (Å²) in [5.74, 6) is -0.133. The van der Waals surface area contributed by atoms with E-state index < -0.39 is 17.5 Å². The molecule has 0 bridgehead atoms. The lowest BCUT2D eigenvalue weighted by Gasteiger charge is -2.43. The Balaban J connectivity index is 1.69. The zero-order valence-electron chi connectivity index (χ0n) is 16.2. The number of hydrogen-bond donors (Lipinski definition) is 2.